The lowest BCUT2D eigenvalue weighted by Gasteiger charge is -2.27. The van der Waals surface area contributed by atoms with Crippen LogP contribution in [0.3, 0.4) is 0 Å². The first kappa shape index (κ1) is 9.00. The Balaban J connectivity index is 1.97. The average molecular weight is 182 g/mol. The number of amides is 1. The first-order valence-corrected chi connectivity index (χ1v) is 5.16. The third-order valence-electron chi connectivity index (χ3n) is 3.25. The Labute approximate surface area is 79.5 Å². The molecule has 0 aromatic rings. The van der Waals surface area contributed by atoms with Gasteiger partial charge in [-0.15, -0.1) is 0 Å². The number of hydrogen-bond acceptors (Lipinski definition) is 2. The lowest BCUT2D eigenvalue weighted by Crippen LogP contribution is -2.49. The average Bonchev–Trinajstić information content (AvgIpc) is 2.62. The molecule has 0 spiro atoms. The Morgan fingerprint density at radius 3 is 2.38 bits per heavy atom. The topological polar surface area (TPSA) is 32.3 Å². The van der Waals surface area contributed by atoms with Gasteiger partial charge in [0.15, 0.2) is 0 Å². The molecule has 13 heavy (non-hydrogen) atoms. The van der Waals surface area contributed by atoms with Gasteiger partial charge in [0.2, 0.25) is 5.91 Å². The summed E-state index contributed by atoms with van der Waals surface area (Å²) < 4.78 is 0. The van der Waals surface area contributed by atoms with E-state index in [1.54, 1.807) is 0 Å². The number of hydrogen-bond donors (Lipinski definition) is 1. The standard InChI is InChI=1S/C10H18N2O/c1-8(2)9(13)11-10-3-5-12(7-10)6-4-10/h8H,3-7H2,1-2H3,(H,11,13). The van der Waals surface area contributed by atoms with Crippen molar-refractivity contribution in [1.82, 2.24) is 10.2 Å². The van der Waals surface area contributed by atoms with Crippen molar-refractivity contribution in [2.24, 2.45) is 5.92 Å². The van der Waals surface area contributed by atoms with Gasteiger partial charge in [-0.3, -0.25) is 4.79 Å². The molecule has 2 rings (SSSR count). The summed E-state index contributed by atoms with van der Waals surface area (Å²) in [5.41, 5.74) is 0.140. The summed E-state index contributed by atoms with van der Waals surface area (Å²) in [4.78, 5) is 14.0. The summed E-state index contributed by atoms with van der Waals surface area (Å²) in [6, 6.07) is 0. The second-order valence-electron chi connectivity index (χ2n) is 4.70. The minimum absolute atomic E-state index is 0.115. The molecule has 1 amide bonds. The van der Waals surface area contributed by atoms with Gasteiger partial charge in [-0.2, -0.15) is 0 Å². The maximum absolute atomic E-state index is 11.6. The molecular weight excluding hydrogens is 164 g/mol. The molecule has 0 aromatic heterocycles. The second kappa shape index (κ2) is 2.98. The molecule has 0 atom stereocenters. The van der Waals surface area contributed by atoms with Crippen molar-refractivity contribution in [3.05, 3.63) is 0 Å². The van der Waals surface area contributed by atoms with Gasteiger partial charge in [-0.05, 0) is 12.8 Å². The van der Waals surface area contributed by atoms with Crippen molar-refractivity contribution in [2.75, 3.05) is 19.6 Å². The van der Waals surface area contributed by atoms with Crippen LogP contribution >= 0.6 is 0 Å². The fourth-order valence-corrected chi connectivity index (χ4v) is 2.30. The Bertz CT molecular complexity index is 217. The Morgan fingerprint density at radius 1 is 1.38 bits per heavy atom. The van der Waals surface area contributed by atoms with Crippen LogP contribution in [0.15, 0.2) is 0 Å². The minimum Gasteiger partial charge on any atom is -0.349 e. The van der Waals surface area contributed by atoms with E-state index in [2.05, 4.69) is 10.2 Å². The molecule has 3 heteroatoms. The van der Waals surface area contributed by atoms with E-state index in [4.69, 9.17) is 0 Å². The predicted octanol–water partition coefficient (Wildman–Crippen LogP) is 0.607. The van der Waals surface area contributed by atoms with Gasteiger partial charge < -0.3 is 10.2 Å². The highest BCUT2D eigenvalue weighted by atomic mass is 16.2. The van der Waals surface area contributed by atoms with Crippen molar-refractivity contribution in [3.8, 4) is 0 Å². The zero-order chi connectivity index (χ0) is 9.47. The Hall–Kier alpha value is -0.570. The van der Waals surface area contributed by atoms with Gasteiger partial charge in [0.05, 0.1) is 5.54 Å². The lowest BCUT2D eigenvalue weighted by molar-refractivity contribution is -0.125. The van der Waals surface area contributed by atoms with Crippen molar-refractivity contribution in [3.63, 3.8) is 0 Å². The van der Waals surface area contributed by atoms with E-state index in [1.807, 2.05) is 13.8 Å². The molecule has 0 unspecified atom stereocenters. The maximum Gasteiger partial charge on any atom is 0.223 e. The third kappa shape index (κ3) is 1.57. The number of piperidine rings is 1. The highest BCUT2D eigenvalue weighted by Gasteiger charge is 2.44. The Kier molecular flexibility index (Phi) is 2.06. The van der Waals surface area contributed by atoms with Gasteiger partial charge >= 0.3 is 0 Å². The summed E-state index contributed by atoms with van der Waals surface area (Å²) in [6.45, 7) is 7.31. The van der Waals surface area contributed by atoms with E-state index in [0.29, 0.717) is 0 Å². The number of nitrogens with one attached hydrogen (secondary N) is 1. The van der Waals surface area contributed by atoms with Crippen LogP contribution in [-0.2, 0) is 4.79 Å². The summed E-state index contributed by atoms with van der Waals surface area (Å²) in [5.74, 6) is 0.327. The normalized spacial score (nSPS) is 37.0. The molecule has 2 fully saturated rings. The quantitative estimate of drug-likeness (QED) is 0.678. The number of rotatable bonds is 2. The monoisotopic (exact) mass is 182 g/mol. The summed E-state index contributed by atoms with van der Waals surface area (Å²) in [6.07, 6.45) is 2.29. The summed E-state index contributed by atoms with van der Waals surface area (Å²) in [7, 11) is 0. The van der Waals surface area contributed by atoms with Crippen LogP contribution < -0.4 is 5.32 Å². The first-order chi connectivity index (χ1) is 6.11. The van der Waals surface area contributed by atoms with Crippen molar-refractivity contribution in [2.45, 2.75) is 32.2 Å². The highest BCUT2D eigenvalue weighted by molar-refractivity contribution is 5.78. The summed E-state index contributed by atoms with van der Waals surface area (Å²) in [5, 5.41) is 3.20. The fraction of sp³-hybridized carbons (Fsp3) is 0.900. The van der Waals surface area contributed by atoms with Gasteiger partial charge in [0, 0.05) is 25.6 Å². The maximum atomic E-state index is 11.6. The van der Waals surface area contributed by atoms with Crippen molar-refractivity contribution >= 4 is 5.91 Å². The van der Waals surface area contributed by atoms with Gasteiger partial charge in [-0.25, -0.2) is 0 Å². The van der Waals surface area contributed by atoms with E-state index >= 15 is 0 Å². The van der Waals surface area contributed by atoms with Crippen LogP contribution in [0.5, 0.6) is 0 Å². The first-order valence-electron chi connectivity index (χ1n) is 5.16. The number of carbonyl (C=O) groups is 1. The van der Waals surface area contributed by atoms with E-state index in [9.17, 15) is 4.79 Å². The smallest absolute Gasteiger partial charge is 0.223 e. The number of nitrogens with zero attached hydrogens (tertiary/aromatic N) is 1. The van der Waals surface area contributed by atoms with Crippen molar-refractivity contribution < 1.29 is 4.79 Å². The summed E-state index contributed by atoms with van der Waals surface area (Å²) >= 11 is 0. The largest absolute Gasteiger partial charge is 0.349 e. The molecule has 2 aliphatic heterocycles. The van der Waals surface area contributed by atoms with Crippen LogP contribution in [0.1, 0.15) is 26.7 Å². The van der Waals surface area contributed by atoms with Gasteiger partial charge in [0.1, 0.15) is 0 Å². The van der Waals surface area contributed by atoms with E-state index in [1.165, 1.54) is 13.1 Å². The minimum atomic E-state index is 0.115. The number of carbonyl (C=O) groups excluding carboxylic acids is 1. The third-order valence-corrected chi connectivity index (χ3v) is 3.25. The molecule has 0 radical (unpaired) electrons. The molecule has 0 aromatic carbocycles. The van der Waals surface area contributed by atoms with Crippen LogP contribution in [0.4, 0.5) is 0 Å². The highest BCUT2D eigenvalue weighted by Crippen LogP contribution is 2.32. The predicted molar refractivity (Wildman–Crippen MR) is 51.4 cm³/mol. The molecule has 2 heterocycles. The lowest BCUT2D eigenvalue weighted by atomic mass is 9.94. The van der Waals surface area contributed by atoms with Crippen molar-refractivity contribution in [1.29, 1.82) is 0 Å². The Morgan fingerprint density at radius 2 is 2.00 bits per heavy atom. The number of fused-ring (bicyclic) bond motifs is 2. The van der Waals surface area contributed by atoms with Crippen LogP contribution in [0.25, 0.3) is 0 Å². The second-order valence-corrected chi connectivity index (χ2v) is 4.70. The molecule has 2 saturated heterocycles. The molecule has 0 aliphatic carbocycles. The molecule has 0 saturated carbocycles. The van der Waals surface area contributed by atoms with Crippen LogP contribution in [-0.4, -0.2) is 36.0 Å². The van der Waals surface area contributed by atoms with E-state index in [0.717, 1.165) is 19.4 Å². The molecule has 1 N–H and O–H groups in total. The van der Waals surface area contributed by atoms with E-state index in [-0.39, 0.29) is 17.4 Å². The van der Waals surface area contributed by atoms with Crippen LogP contribution in [0.2, 0.25) is 0 Å². The molecular formula is C10H18N2O. The van der Waals surface area contributed by atoms with Crippen LogP contribution in [0, 0.1) is 5.92 Å². The SMILES string of the molecule is CC(C)C(=O)NC12CCN(CC1)C2. The zero-order valence-electron chi connectivity index (χ0n) is 8.47. The molecule has 74 valence electrons. The fourth-order valence-electron chi connectivity index (χ4n) is 2.30. The molecule has 2 bridgehead atoms. The van der Waals surface area contributed by atoms with Gasteiger partial charge in [0.25, 0.3) is 0 Å². The zero-order valence-corrected chi connectivity index (χ0v) is 8.47. The van der Waals surface area contributed by atoms with E-state index < -0.39 is 0 Å². The van der Waals surface area contributed by atoms with Gasteiger partial charge in [-0.1, -0.05) is 13.8 Å². The molecule has 3 nitrogen and oxygen atoms in total. The molecule has 2 aliphatic rings.